The van der Waals surface area contributed by atoms with Crippen molar-refractivity contribution < 1.29 is 36.6 Å². The fourth-order valence-corrected chi connectivity index (χ4v) is 2.86. The zero-order chi connectivity index (χ0) is 19.3. The minimum Gasteiger partial charge on any atom is -0.466 e. The van der Waals surface area contributed by atoms with E-state index < -0.39 is 36.1 Å². The smallest absolute Gasteiger partial charge is 0.387 e. The van der Waals surface area contributed by atoms with E-state index in [1.807, 2.05) is 0 Å². The van der Waals surface area contributed by atoms with Crippen LogP contribution in [0.3, 0.4) is 0 Å². The monoisotopic (exact) mass is 373 g/mol. The van der Waals surface area contributed by atoms with Crippen LogP contribution in [-0.4, -0.2) is 26.3 Å². The maximum absolute atomic E-state index is 12.6. The van der Waals surface area contributed by atoms with Crippen molar-refractivity contribution >= 4 is 5.97 Å². The number of hydrogen-bond acceptors (Lipinski definition) is 5. The number of halogens is 4. The van der Waals surface area contributed by atoms with Gasteiger partial charge in [-0.15, -0.1) is 0 Å². The van der Waals surface area contributed by atoms with Crippen LogP contribution in [0.1, 0.15) is 24.8 Å². The summed E-state index contributed by atoms with van der Waals surface area (Å²) in [4.78, 5) is 11.8. The van der Waals surface area contributed by atoms with Crippen molar-refractivity contribution in [1.29, 1.82) is 5.26 Å². The van der Waals surface area contributed by atoms with Crippen LogP contribution >= 0.6 is 0 Å². The molecule has 0 saturated carbocycles. The van der Waals surface area contributed by atoms with Crippen LogP contribution in [0, 0.1) is 11.3 Å². The molecule has 0 aliphatic heterocycles. The molecule has 0 radical (unpaired) electrons. The molecular formula is C17H15F4NO4. The Morgan fingerprint density at radius 3 is 2.42 bits per heavy atom. The third kappa shape index (κ3) is 4.25. The Morgan fingerprint density at radius 2 is 1.85 bits per heavy atom. The molecule has 2 rings (SSSR count). The lowest BCUT2D eigenvalue weighted by atomic mass is 9.70. The van der Waals surface area contributed by atoms with Crippen LogP contribution < -0.4 is 9.47 Å². The number of carbonyl (C=O) groups excluding carboxylic acids is 1. The van der Waals surface area contributed by atoms with Gasteiger partial charge in [-0.05, 0) is 30.5 Å². The molecular weight excluding hydrogens is 358 g/mol. The van der Waals surface area contributed by atoms with Gasteiger partial charge in [0.15, 0.2) is 11.5 Å². The van der Waals surface area contributed by atoms with Crippen LogP contribution in [0.2, 0.25) is 0 Å². The number of hydrogen-bond donors (Lipinski definition) is 0. The zero-order valence-electron chi connectivity index (χ0n) is 13.7. The van der Waals surface area contributed by atoms with Crippen molar-refractivity contribution in [2.45, 2.75) is 37.9 Å². The van der Waals surface area contributed by atoms with Crippen molar-refractivity contribution in [2.75, 3.05) is 7.11 Å². The number of esters is 1. The molecule has 0 fully saturated rings. The third-order valence-corrected chi connectivity index (χ3v) is 4.04. The molecule has 0 amide bonds. The first-order valence-electron chi connectivity index (χ1n) is 7.54. The van der Waals surface area contributed by atoms with E-state index in [1.54, 1.807) is 6.08 Å². The highest BCUT2D eigenvalue weighted by Crippen LogP contribution is 2.42. The topological polar surface area (TPSA) is 68.6 Å². The lowest BCUT2D eigenvalue weighted by Crippen LogP contribution is -2.29. The van der Waals surface area contributed by atoms with Gasteiger partial charge in [-0.1, -0.05) is 12.1 Å². The zero-order valence-corrected chi connectivity index (χ0v) is 13.7. The molecule has 1 aliphatic carbocycles. The van der Waals surface area contributed by atoms with Gasteiger partial charge in [-0.2, -0.15) is 22.8 Å². The minimum absolute atomic E-state index is 0.000652. The highest BCUT2D eigenvalue weighted by molar-refractivity contribution is 5.89. The van der Waals surface area contributed by atoms with Gasteiger partial charge in [0, 0.05) is 12.0 Å². The summed E-state index contributed by atoms with van der Waals surface area (Å²) in [5, 5.41) is 9.69. The molecule has 0 heterocycles. The first-order chi connectivity index (χ1) is 12.3. The molecule has 0 aromatic heterocycles. The lowest BCUT2D eigenvalue weighted by Gasteiger charge is -2.31. The number of nitriles is 1. The summed E-state index contributed by atoms with van der Waals surface area (Å²) in [6.45, 7) is -6.49. The van der Waals surface area contributed by atoms with Crippen molar-refractivity contribution in [3.63, 3.8) is 0 Å². The first kappa shape index (κ1) is 19.6. The average molecular weight is 373 g/mol. The second kappa shape index (κ2) is 8.08. The van der Waals surface area contributed by atoms with E-state index in [9.17, 15) is 27.6 Å². The summed E-state index contributed by atoms with van der Waals surface area (Å²) in [6, 6.07) is 5.52. The largest absolute Gasteiger partial charge is 0.466 e. The van der Waals surface area contributed by atoms with Gasteiger partial charge >= 0.3 is 19.2 Å². The van der Waals surface area contributed by atoms with Gasteiger partial charge in [0.2, 0.25) is 0 Å². The number of nitrogens with zero attached hydrogens (tertiary/aromatic N) is 1. The van der Waals surface area contributed by atoms with Crippen molar-refractivity contribution in [3.8, 4) is 17.6 Å². The fraction of sp³-hybridized carbons (Fsp3) is 0.412. The fourth-order valence-electron chi connectivity index (χ4n) is 2.86. The molecule has 0 saturated heterocycles. The van der Waals surface area contributed by atoms with Crippen LogP contribution in [0.4, 0.5) is 17.6 Å². The predicted octanol–water partition coefficient (Wildman–Crippen LogP) is 3.93. The van der Waals surface area contributed by atoms with Crippen LogP contribution in [0.5, 0.6) is 11.5 Å². The second-order valence-electron chi connectivity index (χ2n) is 5.55. The number of methoxy groups -OCH3 is 1. The molecule has 0 spiro atoms. The number of ether oxygens (including phenoxy) is 3. The maximum atomic E-state index is 12.6. The Bertz CT molecular complexity index is 745. The Kier molecular flexibility index (Phi) is 6.08. The van der Waals surface area contributed by atoms with E-state index in [1.165, 1.54) is 13.2 Å². The molecule has 9 heteroatoms. The highest BCUT2D eigenvalue weighted by atomic mass is 19.3. The van der Waals surface area contributed by atoms with Crippen molar-refractivity contribution in [2.24, 2.45) is 0 Å². The predicted molar refractivity (Wildman–Crippen MR) is 80.9 cm³/mol. The number of allylic oxidation sites excluding steroid dienone is 1. The average Bonchev–Trinajstić information content (AvgIpc) is 2.61. The summed E-state index contributed by atoms with van der Waals surface area (Å²) in [5.74, 6) is -1.77. The molecule has 140 valence electrons. The normalized spacial score (nSPS) is 19.7. The van der Waals surface area contributed by atoms with Gasteiger partial charge in [0.25, 0.3) is 0 Å². The minimum atomic E-state index is -3.26. The van der Waals surface area contributed by atoms with Gasteiger partial charge in [0.1, 0.15) is 0 Å². The van der Waals surface area contributed by atoms with E-state index in [4.69, 9.17) is 0 Å². The van der Waals surface area contributed by atoms with Crippen molar-refractivity contribution in [3.05, 3.63) is 35.4 Å². The lowest BCUT2D eigenvalue weighted by molar-refractivity contribution is -0.136. The Hall–Kier alpha value is -2.76. The van der Waals surface area contributed by atoms with E-state index in [-0.39, 0.29) is 17.6 Å². The van der Waals surface area contributed by atoms with Gasteiger partial charge < -0.3 is 14.2 Å². The summed E-state index contributed by atoms with van der Waals surface area (Å²) in [6.07, 6.45) is 2.34. The summed E-state index contributed by atoms with van der Waals surface area (Å²) < 4.78 is 63.2. The Morgan fingerprint density at radius 1 is 1.19 bits per heavy atom. The summed E-state index contributed by atoms with van der Waals surface area (Å²) in [7, 11) is 1.21. The molecule has 0 N–H and O–H groups in total. The molecule has 1 aliphatic rings. The molecule has 0 bridgehead atoms. The number of alkyl halides is 4. The van der Waals surface area contributed by atoms with E-state index >= 15 is 0 Å². The third-order valence-electron chi connectivity index (χ3n) is 4.04. The Labute approximate surface area is 146 Å². The van der Waals surface area contributed by atoms with Crippen LogP contribution in [0.15, 0.2) is 29.8 Å². The summed E-state index contributed by atoms with van der Waals surface area (Å²) in [5.41, 5.74) is -0.668. The van der Waals surface area contributed by atoms with Crippen molar-refractivity contribution in [1.82, 2.24) is 0 Å². The molecule has 1 unspecified atom stereocenters. The number of benzene rings is 1. The molecule has 5 nitrogen and oxygen atoms in total. The standard InChI is InChI=1S/C17H15F4NO4/c1-24-14(23)10-3-2-6-17(8-10,9-22)11-4-5-12(25-15(18)19)13(7-11)26-16(20)21/h3-5,7,15-16H,2,6,8H2,1H3. The number of carbonyl (C=O) groups is 1. The van der Waals surface area contributed by atoms with Crippen LogP contribution in [0.25, 0.3) is 0 Å². The second-order valence-corrected chi connectivity index (χ2v) is 5.55. The van der Waals surface area contributed by atoms with E-state index in [0.717, 1.165) is 12.1 Å². The van der Waals surface area contributed by atoms with E-state index in [2.05, 4.69) is 20.3 Å². The molecule has 26 heavy (non-hydrogen) atoms. The highest BCUT2D eigenvalue weighted by Gasteiger charge is 2.38. The van der Waals surface area contributed by atoms with Crippen LogP contribution in [-0.2, 0) is 14.9 Å². The molecule has 1 atom stereocenters. The van der Waals surface area contributed by atoms with Gasteiger partial charge in [0.05, 0.1) is 18.6 Å². The SMILES string of the molecule is COC(=O)C1=CCCC(C#N)(c2ccc(OC(F)F)c(OC(F)F)c2)C1. The number of rotatable bonds is 6. The maximum Gasteiger partial charge on any atom is 0.387 e. The first-order valence-corrected chi connectivity index (χ1v) is 7.54. The Balaban J connectivity index is 2.43. The van der Waals surface area contributed by atoms with Gasteiger partial charge in [-0.3, -0.25) is 0 Å². The molecule has 1 aromatic rings. The van der Waals surface area contributed by atoms with E-state index in [0.29, 0.717) is 12.8 Å². The van der Waals surface area contributed by atoms with Gasteiger partial charge in [-0.25, -0.2) is 4.79 Å². The quantitative estimate of drug-likeness (QED) is 0.558. The molecule has 1 aromatic carbocycles. The summed E-state index contributed by atoms with van der Waals surface area (Å²) >= 11 is 0.